The number of nitrogens with zero attached hydrogens (tertiary/aromatic N) is 3. The number of aromatic amines is 1. The monoisotopic (exact) mass is 234 g/mol. The van der Waals surface area contributed by atoms with Gasteiger partial charge in [-0.3, -0.25) is 9.89 Å². The molecule has 0 aliphatic carbocycles. The summed E-state index contributed by atoms with van der Waals surface area (Å²) in [4.78, 5) is 17.7. The summed E-state index contributed by atoms with van der Waals surface area (Å²) in [5.41, 5.74) is 1.56. The van der Waals surface area contributed by atoms with Crippen LogP contribution in [0.2, 0.25) is 0 Å². The van der Waals surface area contributed by atoms with Crippen molar-refractivity contribution >= 4 is 5.91 Å². The van der Waals surface area contributed by atoms with Gasteiger partial charge in [0.25, 0.3) is 5.91 Å². The Kier molecular flexibility index (Phi) is 2.95. The molecule has 6 nitrogen and oxygen atoms in total. The van der Waals surface area contributed by atoms with Crippen LogP contribution in [0.5, 0.6) is 0 Å². The third-order valence-electron chi connectivity index (χ3n) is 2.42. The second-order valence-corrected chi connectivity index (χ2v) is 3.92. The molecule has 2 rings (SSSR count). The second kappa shape index (κ2) is 4.40. The van der Waals surface area contributed by atoms with Crippen molar-refractivity contribution < 1.29 is 9.21 Å². The highest BCUT2D eigenvalue weighted by atomic mass is 16.4. The van der Waals surface area contributed by atoms with E-state index in [-0.39, 0.29) is 5.91 Å². The number of carbonyl (C=O) groups excluding carboxylic acids is 1. The number of aryl methyl sites for hydroxylation is 2. The number of hydrogen-bond donors (Lipinski definition) is 1. The molecule has 0 atom stereocenters. The van der Waals surface area contributed by atoms with E-state index in [1.54, 1.807) is 38.2 Å². The summed E-state index contributed by atoms with van der Waals surface area (Å²) in [7, 11) is 1.71. The Hall–Kier alpha value is -2.11. The van der Waals surface area contributed by atoms with Crippen LogP contribution in [0.1, 0.15) is 27.7 Å². The second-order valence-electron chi connectivity index (χ2n) is 3.92. The van der Waals surface area contributed by atoms with Crippen LogP contribution in [0.4, 0.5) is 0 Å². The Labute approximate surface area is 98.6 Å². The molecule has 2 heterocycles. The normalized spacial score (nSPS) is 10.5. The number of nitrogens with one attached hydrogen (secondary N) is 1. The third kappa shape index (κ3) is 2.35. The Morgan fingerprint density at radius 2 is 2.29 bits per heavy atom. The first-order valence-electron chi connectivity index (χ1n) is 5.25. The summed E-state index contributed by atoms with van der Waals surface area (Å²) in [5, 5.41) is 6.54. The SMILES string of the molecule is Cc1nc(C)c(C(=O)N(C)Cc2cn[nH]c2)o1. The van der Waals surface area contributed by atoms with Gasteiger partial charge < -0.3 is 9.32 Å². The summed E-state index contributed by atoms with van der Waals surface area (Å²) in [6.45, 7) is 3.96. The molecule has 0 aliphatic heterocycles. The van der Waals surface area contributed by atoms with Crippen molar-refractivity contribution in [2.24, 2.45) is 0 Å². The molecule has 0 saturated heterocycles. The van der Waals surface area contributed by atoms with E-state index in [4.69, 9.17) is 4.42 Å². The molecule has 0 aromatic carbocycles. The molecular weight excluding hydrogens is 220 g/mol. The Morgan fingerprint density at radius 3 is 2.82 bits per heavy atom. The fourth-order valence-corrected chi connectivity index (χ4v) is 1.61. The zero-order chi connectivity index (χ0) is 12.4. The van der Waals surface area contributed by atoms with Gasteiger partial charge in [-0.05, 0) is 6.92 Å². The van der Waals surface area contributed by atoms with E-state index in [9.17, 15) is 4.79 Å². The van der Waals surface area contributed by atoms with Crippen LogP contribution in [0.25, 0.3) is 0 Å². The summed E-state index contributed by atoms with van der Waals surface area (Å²) in [6, 6.07) is 0. The number of carbonyl (C=O) groups is 1. The fraction of sp³-hybridized carbons (Fsp3) is 0.364. The average Bonchev–Trinajstić information content (AvgIpc) is 2.87. The quantitative estimate of drug-likeness (QED) is 0.868. The highest BCUT2D eigenvalue weighted by molar-refractivity contribution is 5.92. The molecule has 0 saturated carbocycles. The zero-order valence-electron chi connectivity index (χ0n) is 10.0. The van der Waals surface area contributed by atoms with Crippen molar-refractivity contribution in [3.05, 3.63) is 35.3 Å². The smallest absolute Gasteiger partial charge is 0.291 e. The molecule has 2 aromatic heterocycles. The highest BCUT2D eigenvalue weighted by Gasteiger charge is 2.20. The first-order chi connectivity index (χ1) is 8.08. The Balaban J connectivity index is 2.12. The van der Waals surface area contributed by atoms with Crippen LogP contribution in [0.3, 0.4) is 0 Å². The van der Waals surface area contributed by atoms with Gasteiger partial charge in [0.1, 0.15) is 0 Å². The van der Waals surface area contributed by atoms with E-state index in [1.165, 1.54) is 0 Å². The van der Waals surface area contributed by atoms with Gasteiger partial charge in [0.2, 0.25) is 5.76 Å². The molecular formula is C11H14N4O2. The van der Waals surface area contributed by atoms with Crippen molar-refractivity contribution in [1.29, 1.82) is 0 Å². The minimum absolute atomic E-state index is 0.177. The summed E-state index contributed by atoms with van der Waals surface area (Å²) < 4.78 is 5.29. The van der Waals surface area contributed by atoms with Crippen LogP contribution in [-0.4, -0.2) is 33.0 Å². The molecule has 2 aromatic rings. The molecule has 0 unspecified atom stereocenters. The molecule has 6 heteroatoms. The van der Waals surface area contributed by atoms with Crippen LogP contribution < -0.4 is 0 Å². The van der Waals surface area contributed by atoms with Gasteiger partial charge in [0, 0.05) is 32.3 Å². The molecule has 1 N–H and O–H groups in total. The van der Waals surface area contributed by atoms with Gasteiger partial charge in [-0.25, -0.2) is 4.98 Å². The minimum atomic E-state index is -0.177. The van der Waals surface area contributed by atoms with E-state index in [0.29, 0.717) is 23.9 Å². The molecule has 0 fully saturated rings. The van der Waals surface area contributed by atoms with E-state index in [2.05, 4.69) is 15.2 Å². The predicted molar refractivity (Wildman–Crippen MR) is 60.4 cm³/mol. The Morgan fingerprint density at radius 1 is 1.53 bits per heavy atom. The zero-order valence-corrected chi connectivity index (χ0v) is 10.0. The van der Waals surface area contributed by atoms with Crippen LogP contribution >= 0.6 is 0 Å². The standard InChI is InChI=1S/C11H14N4O2/c1-7-10(17-8(2)14-7)11(16)15(3)6-9-4-12-13-5-9/h4-5H,6H2,1-3H3,(H,12,13). The Bertz CT molecular complexity index is 516. The molecule has 0 aliphatic rings. The van der Waals surface area contributed by atoms with E-state index in [0.717, 1.165) is 5.56 Å². The van der Waals surface area contributed by atoms with Crippen molar-refractivity contribution in [1.82, 2.24) is 20.1 Å². The number of amides is 1. The molecule has 0 bridgehead atoms. The molecule has 17 heavy (non-hydrogen) atoms. The van der Waals surface area contributed by atoms with Gasteiger partial charge in [0.05, 0.1) is 11.9 Å². The number of oxazole rings is 1. The molecule has 90 valence electrons. The molecule has 1 amide bonds. The lowest BCUT2D eigenvalue weighted by Gasteiger charge is -2.14. The lowest BCUT2D eigenvalue weighted by molar-refractivity contribution is 0.0751. The first-order valence-corrected chi connectivity index (χ1v) is 5.25. The lowest BCUT2D eigenvalue weighted by atomic mass is 10.3. The summed E-state index contributed by atoms with van der Waals surface area (Å²) in [6.07, 6.45) is 3.44. The van der Waals surface area contributed by atoms with Crippen LogP contribution in [0, 0.1) is 13.8 Å². The number of hydrogen-bond acceptors (Lipinski definition) is 4. The largest absolute Gasteiger partial charge is 0.436 e. The maximum absolute atomic E-state index is 12.1. The van der Waals surface area contributed by atoms with Gasteiger partial charge in [-0.1, -0.05) is 0 Å². The van der Waals surface area contributed by atoms with Gasteiger partial charge in [-0.2, -0.15) is 5.10 Å². The van der Waals surface area contributed by atoms with E-state index in [1.807, 2.05) is 0 Å². The maximum Gasteiger partial charge on any atom is 0.291 e. The van der Waals surface area contributed by atoms with Gasteiger partial charge in [0.15, 0.2) is 5.89 Å². The van der Waals surface area contributed by atoms with Gasteiger partial charge in [-0.15, -0.1) is 0 Å². The van der Waals surface area contributed by atoms with Crippen molar-refractivity contribution in [3.63, 3.8) is 0 Å². The summed E-state index contributed by atoms with van der Waals surface area (Å²) in [5.74, 6) is 0.625. The number of rotatable bonds is 3. The first kappa shape index (κ1) is 11.4. The number of H-pyrrole nitrogens is 1. The van der Waals surface area contributed by atoms with E-state index >= 15 is 0 Å². The number of aromatic nitrogens is 3. The lowest BCUT2D eigenvalue weighted by Crippen LogP contribution is -2.26. The average molecular weight is 234 g/mol. The maximum atomic E-state index is 12.1. The van der Waals surface area contributed by atoms with E-state index < -0.39 is 0 Å². The van der Waals surface area contributed by atoms with Gasteiger partial charge >= 0.3 is 0 Å². The van der Waals surface area contributed by atoms with Crippen molar-refractivity contribution in [3.8, 4) is 0 Å². The van der Waals surface area contributed by atoms with Crippen molar-refractivity contribution in [2.45, 2.75) is 20.4 Å². The minimum Gasteiger partial charge on any atom is -0.436 e. The predicted octanol–water partition coefficient (Wildman–Crippen LogP) is 1.29. The van der Waals surface area contributed by atoms with Crippen molar-refractivity contribution in [2.75, 3.05) is 7.05 Å². The summed E-state index contributed by atoms with van der Waals surface area (Å²) >= 11 is 0. The topological polar surface area (TPSA) is 75.0 Å². The van der Waals surface area contributed by atoms with Crippen LogP contribution in [0.15, 0.2) is 16.8 Å². The molecule has 0 spiro atoms. The van der Waals surface area contributed by atoms with Crippen LogP contribution in [-0.2, 0) is 6.54 Å². The third-order valence-corrected chi connectivity index (χ3v) is 2.42. The molecule has 0 radical (unpaired) electrons. The fourth-order valence-electron chi connectivity index (χ4n) is 1.61. The highest BCUT2D eigenvalue weighted by Crippen LogP contribution is 2.13.